The fraction of sp³-hybridized carbons (Fsp3) is 0.600. The van der Waals surface area contributed by atoms with E-state index < -0.39 is 0 Å². The van der Waals surface area contributed by atoms with E-state index >= 15 is 0 Å². The maximum Gasteiger partial charge on any atom is 0.322 e. The molecule has 1 saturated carbocycles. The van der Waals surface area contributed by atoms with Gasteiger partial charge in [-0.15, -0.1) is 0 Å². The summed E-state index contributed by atoms with van der Waals surface area (Å²) in [5, 5.41) is 0.542. The van der Waals surface area contributed by atoms with Gasteiger partial charge in [0.25, 0.3) is 0 Å². The highest BCUT2D eigenvalue weighted by molar-refractivity contribution is 8.03. The van der Waals surface area contributed by atoms with Crippen molar-refractivity contribution in [2.45, 2.75) is 35.1 Å². The summed E-state index contributed by atoms with van der Waals surface area (Å²) in [7, 11) is 0. The lowest BCUT2D eigenvalue weighted by molar-refractivity contribution is -0.148. The van der Waals surface area contributed by atoms with E-state index in [1.54, 1.807) is 18.0 Å². The molecule has 2 rings (SSSR count). The zero-order valence-corrected chi connectivity index (χ0v) is 10.7. The van der Waals surface area contributed by atoms with Crippen molar-refractivity contribution in [1.82, 2.24) is 4.98 Å². The second kappa shape index (κ2) is 4.63. The second-order valence-corrected chi connectivity index (χ2v) is 6.43. The number of aromatic nitrogens is 1. The van der Waals surface area contributed by atoms with Gasteiger partial charge in [-0.25, -0.2) is 4.98 Å². The first-order chi connectivity index (χ1) is 7.66. The molecule has 1 aliphatic carbocycles. The standard InChI is InChI=1S/C10H14N2O2S2/c1-2-14-8(13)10(4-3-5-10)16-7-6-12-9(11)15-7/h6H,2-5H2,1H3,(H2,11,12). The maximum atomic E-state index is 11.9. The van der Waals surface area contributed by atoms with Crippen molar-refractivity contribution in [3.05, 3.63) is 6.20 Å². The van der Waals surface area contributed by atoms with Crippen LogP contribution in [0.25, 0.3) is 0 Å². The molecule has 0 unspecified atom stereocenters. The number of esters is 1. The lowest BCUT2D eigenvalue weighted by Crippen LogP contribution is -2.43. The third-order valence-corrected chi connectivity index (χ3v) is 5.00. The molecule has 1 aromatic rings. The molecule has 6 heteroatoms. The lowest BCUT2D eigenvalue weighted by Gasteiger charge is -2.37. The van der Waals surface area contributed by atoms with E-state index in [4.69, 9.17) is 10.5 Å². The van der Waals surface area contributed by atoms with E-state index in [1.165, 1.54) is 11.3 Å². The number of nitrogens with zero attached hydrogens (tertiary/aromatic N) is 1. The number of nitrogen functional groups attached to an aromatic ring is 1. The Balaban J connectivity index is 2.07. The Labute approximate surface area is 103 Å². The molecule has 0 aromatic carbocycles. The highest BCUT2D eigenvalue weighted by atomic mass is 32.2. The van der Waals surface area contributed by atoms with Crippen LogP contribution in [-0.2, 0) is 9.53 Å². The summed E-state index contributed by atoms with van der Waals surface area (Å²) >= 11 is 2.97. The Morgan fingerprint density at radius 2 is 2.50 bits per heavy atom. The highest BCUT2D eigenvalue weighted by Gasteiger charge is 2.47. The summed E-state index contributed by atoms with van der Waals surface area (Å²) in [4.78, 5) is 15.9. The number of thiazole rings is 1. The summed E-state index contributed by atoms with van der Waals surface area (Å²) < 4.78 is 5.73. The largest absolute Gasteiger partial charge is 0.465 e. The van der Waals surface area contributed by atoms with Crippen LogP contribution in [0.3, 0.4) is 0 Å². The fourth-order valence-electron chi connectivity index (χ4n) is 1.62. The third-order valence-electron chi connectivity index (χ3n) is 2.61. The Bertz CT molecular complexity index is 388. The van der Waals surface area contributed by atoms with E-state index in [1.807, 2.05) is 6.92 Å². The molecule has 0 bridgehead atoms. The van der Waals surface area contributed by atoms with Crippen molar-refractivity contribution in [3.63, 3.8) is 0 Å². The summed E-state index contributed by atoms with van der Waals surface area (Å²) in [5.74, 6) is -0.0989. The highest BCUT2D eigenvalue weighted by Crippen LogP contribution is 2.49. The van der Waals surface area contributed by atoms with Gasteiger partial charge < -0.3 is 10.5 Å². The van der Waals surface area contributed by atoms with E-state index in [9.17, 15) is 4.79 Å². The lowest BCUT2D eigenvalue weighted by atomic mass is 9.84. The monoisotopic (exact) mass is 258 g/mol. The first-order valence-corrected chi connectivity index (χ1v) is 6.87. The van der Waals surface area contributed by atoms with Crippen molar-refractivity contribution in [1.29, 1.82) is 0 Å². The van der Waals surface area contributed by atoms with Crippen molar-refractivity contribution in [3.8, 4) is 0 Å². The molecule has 2 N–H and O–H groups in total. The summed E-state index contributed by atoms with van der Waals surface area (Å²) in [6.07, 6.45) is 4.58. The summed E-state index contributed by atoms with van der Waals surface area (Å²) in [5.41, 5.74) is 5.57. The van der Waals surface area contributed by atoms with Gasteiger partial charge >= 0.3 is 5.97 Å². The number of carbonyl (C=O) groups excluding carboxylic acids is 1. The number of ether oxygens (including phenoxy) is 1. The minimum absolute atomic E-state index is 0.0989. The van der Waals surface area contributed by atoms with Crippen LogP contribution in [0.4, 0.5) is 5.13 Å². The molecule has 1 aliphatic rings. The minimum Gasteiger partial charge on any atom is -0.465 e. The van der Waals surface area contributed by atoms with Crippen LogP contribution < -0.4 is 5.73 Å². The zero-order valence-electron chi connectivity index (χ0n) is 9.06. The van der Waals surface area contributed by atoms with Crippen LogP contribution in [0.1, 0.15) is 26.2 Å². The third kappa shape index (κ3) is 2.17. The molecule has 0 aliphatic heterocycles. The van der Waals surface area contributed by atoms with E-state index in [2.05, 4.69) is 4.98 Å². The molecule has 16 heavy (non-hydrogen) atoms. The molecule has 0 radical (unpaired) electrons. The van der Waals surface area contributed by atoms with Gasteiger partial charge in [0.2, 0.25) is 0 Å². The molecule has 0 atom stereocenters. The van der Waals surface area contributed by atoms with Gasteiger partial charge in [-0.1, -0.05) is 23.1 Å². The topological polar surface area (TPSA) is 65.2 Å². The van der Waals surface area contributed by atoms with Crippen LogP contribution in [-0.4, -0.2) is 22.3 Å². The average Bonchev–Trinajstić information content (AvgIpc) is 2.58. The number of anilines is 1. The van der Waals surface area contributed by atoms with Crippen LogP contribution in [0.5, 0.6) is 0 Å². The average molecular weight is 258 g/mol. The molecule has 88 valence electrons. The van der Waals surface area contributed by atoms with Gasteiger partial charge in [0.15, 0.2) is 5.13 Å². The van der Waals surface area contributed by atoms with E-state index in [-0.39, 0.29) is 10.7 Å². The Morgan fingerprint density at radius 1 is 1.75 bits per heavy atom. The normalized spacial score (nSPS) is 17.8. The van der Waals surface area contributed by atoms with Crippen molar-refractivity contribution < 1.29 is 9.53 Å². The Hall–Kier alpha value is -0.750. The van der Waals surface area contributed by atoms with Crippen molar-refractivity contribution in [2.24, 2.45) is 0 Å². The number of carbonyl (C=O) groups is 1. The fourth-order valence-corrected chi connectivity index (χ4v) is 4.06. The first kappa shape index (κ1) is 11.7. The number of hydrogen-bond donors (Lipinski definition) is 1. The van der Waals surface area contributed by atoms with E-state index in [0.29, 0.717) is 11.7 Å². The summed E-state index contributed by atoms with van der Waals surface area (Å²) in [6.45, 7) is 2.27. The SMILES string of the molecule is CCOC(=O)C1(Sc2cnc(N)s2)CCC1. The van der Waals surface area contributed by atoms with Gasteiger partial charge in [0.1, 0.15) is 4.75 Å². The molecule has 1 fully saturated rings. The predicted octanol–water partition coefficient (Wildman–Crippen LogP) is 2.30. The molecular weight excluding hydrogens is 244 g/mol. The molecule has 1 heterocycles. The number of rotatable bonds is 4. The second-order valence-electron chi connectivity index (χ2n) is 3.69. The smallest absolute Gasteiger partial charge is 0.322 e. The van der Waals surface area contributed by atoms with Crippen molar-refractivity contribution >= 4 is 34.2 Å². The molecule has 0 spiro atoms. The van der Waals surface area contributed by atoms with Gasteiger partial charge in [-0.3, -0.25) is 4.79 Å². The quantitative estimate of drug-likeness (QED) is 0.839. The Morgan fingerprint density at radius 3 is 2.94 bits per heavy atom. The van der Waals surface area contributed by atoms with Gasteiger partial charge in [-0.05, 0) is 26.2 Å². The van der Waals surface area contributed by atoms with Crippen LogP contribution in [0.15, 0.2) is 10.4 Å². The molecular formula is C10H14N2O2S2. The van der Waals surface area contributed by atoms with Crippen LogP contribution in [0, 0.1) is 0 Å². The van der Waals surface area contributed by atoms with Crippen LogP contribution in [0.2, 0.25) is 0 Å². The minimum atomic E-state index is -0.380. The first-order valence-electron chi connectivity index (χ1n) is 5.24. The van der Waals surface area contributed by atoms with Gasteiger partial charge in [0, 0.05) is 0 Å². The molecule has 4 nitrogen and oxygen atoms in total. The van der Waals surface area contributed by atoms with Gasteiger partial charge in [0.05, 0.1) is 17.0 Å². The number of hydrogen-bond acceptors (Lipinski definition) is 6. The number of thioether (sulfide) groups is 1. The van der Waals surface area contributed by atoms with E-state index in [0.717, 1.165) is 23.5 Å². The maximum absolute atomic E-state index is 11.9. The van der Waals surface area contributed by atoms with Crippen molar-refractivity contribution in [2.75, 3.05) is 12.3 Å². The molecule has 0 saturated heterocycles. The van der Waals surface area contributed by atoms with Crippen LogP contribution >= 0.6 is 23.1 Å². The molecule has 1 aromatic heterocycles. The Kier molecular flexibility index (Phi) is 3.39. The summed E-state index contributed by atoms with van der Waals surface area (Å²) in [6, 6.07) is 0. The number of nitrogens with two attached hydrogens (primary N) is 1. The predicted molar refractivity (Wildman–Crippen MR) is 65.6 cm³/mol. The zero-order chi connectivity index (χ0) is 11.6. The van der Waals surface area contributed by atoms with Gasteiger partial charge in [-0.2, -0.15) is 0 Å². The molecule has 0 amide bonds.